The smallest absolute Gasteiger partial charge is 0.226 e. The molecule has 23 heavy (non-hydrogen) atoms. The summed E-state index contributed by atoms with van der Waals surface area (Å²) in [6, 6.07) is 8.14. The maximum atomic E-state index is 9.25. The lowest BCUT2D eigenvalue weighted by atomic mass is 9.84. The van der Waals surface area contributed by atoms with Crippen LogP contribution in [-0.2, 0) is 11.3 Å². The van der Waals surface area contributed by atoms with Crippen molar-refractivity contribution in [3.05, 3.63) is 41.8 Å². The maximum Gasteiger partial charge on any atom is 0.226 e. The number of ether oxygens (including phenoxy) is 1. The molecule has 1 saturated heterocycles. The van der Waals surface area contributed by atoms with Crippen molar-refractivity contribution in [1.82, 2.24) is 10.3 Å². The number of aromatic nitrogens is 1. The minimum absolute atomic E-state index is 0.0538. The van der Waals surface area contributed by atoms with E-state index in [0.29, 0.717) is 19.0 Å². The van der Waals surface area contributed by atoms with Crippen LogP contribution in [0.5, 0.6) is 0 Å². The van der Waals surface area contributed by atoms with Gasteiger partial charge >= 0.3 is 0 Å². The Kier molecular flexibility index (Phi) is 5.10. The number of hydrogen-bond acceptors (Lipinski definition) is 5. The Bertz CT molecular complexity index is 615. The molecule has 1 unspecified atom stereocenters. The van der Waals surface area contributed by atoms with Crippen molar-refractivity contribution in [3.8, 4) is 11.5 Å². The molecule has 0 spiro atoms. The summed E-state index contributed by atoms with van der Waals surface area (Å²) in [4.78, 5) is 4.53. The van der Waals surface area contributed by atoms with Gasteiger partial charge in [-0.3, -0.25) is 0 Å². The lowest BCUT2D eigenvalue weighted by Crippen LogP contribution is -2.35. The van der Waals surface area contributed by atoms with E-state index in [1.807, 2.05) is 12.1 Å². The van der Waals surface area contributed by atoms with E-state index in [2.05, 4.69) is 29.4 Å². The van der Waals surface area contributed by atoms with Gasteiger partial charge in [-0.2, -0.15) is 0 Å². The van der Waals surface area contributed by atoms with Crippen LogP contribution in [0.1, 0.15) is 24.1 Å². The third-order valence-electron chi connectivity index (χ3n) is 4.48. The van der Waals surface area contributed by atoms with Crippen LogP contribution < -0.4 is 5.32 Å². The average molecular weight is 316 g/mol. The highest BCUT2D eigenvalue weighted by Crippen LogP contribution is 2.31. The molecule has 2 N–H and O–H groups in total. The van der Waals surface area contributed by atoms with Crippen LogP contribution in [0.25, 0.3) is 11.5 Å². The zero-order valence-corrected chi connectivity index (χ0v) is 13.5. The van der Waals surface area contributed by atoms with Gasteiger partial charge in [-0.1, -0.05) is 17.7 Å². The number of rotatable bonds is 7. The van der Waals surface area contributed by atoms with Crippen molar-refractivity contribution in [1.29, 1.82) is 0 Å². The lowest BCUT2D eigenvalue weighted by molar-refractivity contribution is 0.124. The van der Waals surface area contributed by atoms with Gasteiger partial charge in [0, 0.05) is 37.3 Å². The summed E-state index contributed by atoms with van der Waals surface area (Å²) in [6.07, 6.45) is 3.47. The molecule has 2 heterocycles. The minimum atomic E-state index is 0.0538. The molecule has 1 atom stereocenters. The van der Waals surface area contributed by atoms with Crippen molar-refractivity contribution in [3.63, 3.8) is 0 Å². The van der Waals surface area contributed by atoms with Gasteiger partial charge in [0.2, 0.25) is 5.89 Å². The van der Waals surface area contributed by atoms with Crippen LogP contribution in [0.15, 0.2) is 34.9 Å². The summed E-state index contributed by atoms with van der Waals surface area (Å²) in [5, 5.41) is 12.7. The number of hydrogen-bond donors (Lipinski definition) is 2. The van der Waals surface area contributed by atoms with Gasteiger partial charge in [0.1, 0.15) is 6.26 Å². The van der Waals surface area contributed by atoms with Crippen LogP contribution in [-0.4, -0.2) is 36.5 Å². The molecule has 0 amide bonds. The number of nitrogens with one attached hydrogen (secondary N) is 1. The Morgan fingerprint density at radius 2 is 2.13 bits per heavy atom. The monoisotopic (exact) mass is 316 g/mol. The third-order valence-corrected chi connectivity index (χ3v) is 4.48. The van der Waals surface area contributed by atoms with Crippen molar-refractivity contribution < 1.29 is 14.3 Å². The van der Waals surface area contributed by atoms with Gasteiger partial charge in [-0.15, -0.1) is 0 Å². The van der Waals surface area contributed by atoms with E-state index in [4.69, 9.17) is 9.15 Å². The molecule has 1 aromatic heterocycles. The first kappa shape index (κ1) is 16.2. The molecule has 5 nitrogen and oxygen atoms in total. The summed E-state index contributed by atoms with van der Waals surface area (Å²) in [5.41, 5.74) is 3.15. The van der Waals surface area contributed by atoms with Crippen LogP contribution in [0.3, 0.4) is 0 Å². The van der Waals surface area contributed by atoms with E-state index in [1.165, 1.54) is 5.56 Å². The molecule has 3 rings (SSSR count). The van der Waals surface area contributed by atoms with Gasteiger partial charge in [0.15, 0.2) is 0 Å². The van der Waals surface area contributed by atoms with E-state index < -0.39 is 0 Å². The number of aliphatic hydroxyl groups excluding tert-OH is 1. The Morgan fingerprint density at radius 3 is 2.83 bits per heavy atom. The van der Waals surface area contributed by atoms with Crippen LogP contribution in [0, 0.1) is 12.3 Å². The molecule has 0 aliphatic carbocycles. The molecule has 1 aliphatic rings. The van der Waals surface area contributed by atoms with E-state index in [0.717, 1.165) is 37.3 Å². The van der Waals surface area contributed by atoms with Crippen LogP contribution >= 0.6 is 0 Å². The predicted molar refractivity (Wildman–Crippen MR) is 88.0 cm³/mol. The van der Waals surface area contributed by atoms with Crippen LogP contribution in [0.4, 0.5) is 0 Å². The predicted octanol–water partition coefficient (Wildman–Crippen LogP) is 2.53. The van der Waals surface area contributed by atoms with E-state index in [1.54, 1.807) is 6.26 Å². The first-order valence-electron chi connectivity index (χ1n) is 8.12. The third kappa shape index (κ3) is 3.99. The van der Waals surface area contributed by atoms with E-state index in [-0.39, 0.29) is 12.0 Å². The fourth-order valence-electron chi connectivity index (χ4n) is 2.98. The quantitative estimate of drug-likeness (QED) is 0.821. The van der Waals surface area contributed by atoms with Crippen molar-refractivity contribution in [2.75, 3.05) is 26.4 Å². The van der Waals surface area contributed by atoms with Gasteiger partial charge in [0.05, 0.1) is 12.3 Å². The molecular weight excluding hydrogens is 292 g/mol. The Morgan fingerprint density at radius 1 is 1.30 bits per heavy atom. The summed E-state index contributed by atoms with van der Waals surface area (Å²) in [5.74, 6) is 0.649. The molecule has 1 fully saturated rings. The normalized spacial score (nSPS) is 21.0. The summed E-state index contributed by atoms with van der Waals surface area (Å²) in [6.45, 7) is 5.23. The van der Waals surface area contributed by atoms with Gasteiger partial charge < -0.3 is 19.6 Å². The summed E-state index contributed by atoms with van der Waals surface area (Å²) < 4.78 is 11.1. The second-order valence-corrected chi connectivity index (χ2v) is 6.39. The second kappa shape index (κ2) is 7.25. The SMILES string of the molecule is Cc1ccc(-c2nc(CNCC3(CCO)CCOC3)co2)cc1. The van der Waals surface area contributed by atoms with E-state index >= 15 is 0 Å². The Balaban J connectivity index is 1.56. The largest absolute Gasteiger partial charge is 0.444 e. The van der Waals surface area contributed by atoms with Crippen LogP contribution in [0.2, 0.25) is 0 Å². The molecule has 0 saturated carbocycles. The average Bonchev–Trinajstić information content (AvgIpc) is 3.19. The number of nitrogens with zero attached hydrogens (tertiary/aromatic N) is 1. The molecule has 2 aromatic rings. The van der Waals surface area contributed by atoms with Crippen molar-refractivity contribution in [2.45, 2.75) is 26.3 Å². The first-order chi connectivity index (χ1) is 11.2. The number of benzene rings is 1. The van der Waals surface area contributed by atoms with Gasteiger partial charge in [-0.25, -0.2) is 4.98 Å². The zero-order chi connectivity index (χ0) is 16.1. The highest BCUT2D eigenvalue weighted by Gasteiger charge is 2.33. The number of aryl methyl sites for hydroxylation is 1. The molecule has 124 valence electrons. The highest BCUT2D eigenvalue weighted by atomic mass is 16.5. The highest BCUT2D eigenvalue weighted by molar-refractivity contribution is 5.53. The van der Waals surface area contributed by atoms with E-state index in [9.17, 15) is 5.11 Å². The fourth-order valence-corrected chi connectivity index (χ4v) is 2.98. The molecular formula is C18H24N2O3. The Labute approximate surface area is 136 Å². The van der Waals surface area contributed by atoms with Crippen molar-refractivity contribution in [2.24, 2.45) is 5.41 Å². The lowest BCUT2D eigenvalue weighted by Gasteiger charge is -2.26. The second-order valence-electron chi connectivity index (χ2n) is 6.39. The fraction of sp³-hybridized carbons (Fsp3) is 0.500. The van der Waals surface area contributed by atoms with Gasteiger partial charge in [0.25, 0.3) is 0 Å². The first-order valence-corrected chi connectivity index (χ1v) is 8.12. The van der Waals surface area contributed by atoms with Gasteiger partial charge in [-0.05, 0) is 31.9 Å². The van der Waals surface area contributed by atoms with Crippen molar-refractivity contribution >= 4 is 0 Å². The molecule has 1 aliphatic heterocycles. The Hall–Kier alpha value is -1.69. The summed E-state index contributed by atoms with van der Waals surface area (Å²) >= 11 is 0. The molecule has 5 heteroatoms. The molecule has 0 radical (unpaired) electrons. The topological polar surface area (TPSA) is 67.5 Å². The standard InChI is InChI=1S/C18H24N2O3/c1-14-2-4-15(5-3-14)17-20-16(11-23-17)10-19-12-18(6-8-21)7-9-22-13-18/h2-5,11,19,21H,6-10,12-13H2,1H3. The zero-order valence-electron chi connectivity index (χ0n) is 13.5. The molecule has 0 bridgehead atoms. The number of oxazole rings is 1. The molecule has 1 aromatic carbocycles. The minimum Gasteiger partial charge on any atom is -0.444 e. The maximum absolute atomic E-state index is 9.25. The summed E-state index contributed by atoms with van der Waals surface area (Å²) in [7, 11) is 0. The number of aliphatic hydroxyl groups is 1.